The Bertz CT molecular complexity index is 835. The SMILES string of the molecule is O=C1CCCCN1c1cccc(NS(=O)(=O)CCc2ccccc2)c1. The molecule has 1 aliphatic heterocycles. The van der Waals surface area contributed by atoms with Crippen LogP contribution >= 0.6 is 0 Å². The summed E-state index contributed by atoms with van der Waals surface area (Å²) in [6.45, 7) is 0.684. The number of amides is 1. The highest BCUT2D eigenvalue weighted by molar-refractivity contribution is 7.92. The highest BCUT2D eigenvalue weighted by atomic mass is 32.2. The summed E-state index contributed by atoms with van der Waals surface area (Å²) in [6, 6.07) is 16.6. The number of hydrogen-bond acceptors (Lipinski definition) is 3. The predicted molar refractivity (Wildman–Crippen MR) is 100 cm³/mol. The molecule has 0 unspecified atom stereocenters. The van der Waals surface area contributed by atoms with Crippen molar-refractivity contribution < 1.29 is 13.2 Å². The molecular formula is C19H22N2O3S. The van der Waals surface area contributed by atoms with Gasteiger partial charge in [0.05, 0.1) is 11.4 Å². The van der Waals surface area contributed by atoms with Crippen LogP contribution in [0.4, 0.5) is 11.4 Å². The van der Waals surface area contributed by atoms with Crippen molar-refractivity contribution in [2.45, 2.75) is 25.7 Å². The molecule has 1 heterocycles. The van der Waals surface area contributed by atoms with Gasteiger partial charge in [0.15, 0.2) is 0 Å². The number of nitrogens with one attached hydrogen (secondary N) is 1. The largest absolute Gasteiger partial charge is 0.312 e. The Hall–Kier alpha value is -2.34. The van der Waals surface area contributed by atoms with Crippen molar-refractivity contribution in [1.82, 2.24) is 0 Å². The first-order chi connectivity index (χ1) is 12.0. The molecule has 2 aromatic carbocycles. The molecule has 2 aromatic rings. The van der Waals surface area contributed by atoms with E-state index < -0.39 is 10.0 Å². The van der Waals surface area contributed by atoms with E-state index >= 15 is 0 Å². The molecule has 1 saturated heterocycles. The zero-order chi connectivity index (χ0) is 17.7. The van der Waals surface area contributed by atoms with Crippen LogP contribution < -0.4 is 9.62 Å². The third-order valence-corrected chi connectivity index (χ3v) is 5.55. The minimum Gasteiger partial charge on any atom is -0.312 e. The van der Waals surface area contributed by atoms with E-state index in [-0.39, 0.29) is 11.7 Å². The second-order valence-corrected chi connectivity index (χ2v) is 8.05. The number of aryl methyl sites for hydroxylation is 1. The lowest BCUT2D eigenvalue weighted by molar-refractivity contribution is -0.119. The second kappa shape index (κ2) is 7.70. The predicted octanol–water partition coefficient (Wildman–Crippen LogP) is 3.19. The molecule has 3 rings (SSSR count). The van der Waals surface area contributed by atoms with Gasteiger partial charge in [0.1, 0.15) is 0 Å². The summed E-state index contributed by atoms with van der Waals surface area (Å²) in [6.07, 6.45) is 2.90. The van der Waals surface area contributed by atoms with E-state index in [9.17, 15) is 13.2 Å². The van der Waals surface area contributed by atoms with E-state index in [4.69, 9.17) is 0 Å². The monoisotopic (exact) mass is 358 g/mol. The van der Waals surface area contributed by atoms with Gasteiger partial charge < -0.3 is 4.90 Å². The molecule has 0 aromatic heterocycles. The summed E-state index contributed by atoms with van der Waals surface area (Å²) in [5.74, 6) is 0.111. The third kappa shape index (κ3) is 4.82. The van der Waals surface area contributed by atoms with Gasteiger partial charge in [-0.15, -0.1) is 0 Å². The number of rotatable bonds is 6. The van der Waals surface area contributed by atoms with E-state index in [0.717, 1.165) is 24.1 Å². The maximum Gasteiger partial charge on any atom is 0.233 e. The van der Waals surface area contributed by atoms with Crippen LogP contribution in [-0.2, 0) is 21.2 Å². The Kier molecular flexibility index (Phi) is 5.38. The number of anilines is 2. The molecule has 0 spiro atoms. The topological polar surface area (TPSA) is 66.5 Å². The molecular weight excluding hydrogens is 336 g/mol. The van der Waals surface area contributed by atoms with Crippen molar-refractivity contribution in [3.8, 4) is 0 Å². The number of carbonyl (C=O) groups excluding carboxylic acids is 1. The summed E-state index contributed by atoms with van der Waals surface area (Å²) in [4.78, 5) is 13.8. The Morgan fingerprint density at radius 2 is 1.80 bits per heavy atom. The standard InChI is InChI=1S/C19H22N2O3S/c22-19-11-4-5-13-21(19)18-10-6-9-17(15-18)20-25(23,24)14-12-16-7-2-1-3-8-16/h1-3,6-10,15,20H,4-5,11-14H2. The van der Waals surface area contributed by atoms with Gasteiger partial charge in [0.2, 0.25) is 15.9 Å². The van der Waals surface area contributed by atoms with Crippen molar-refractivity contribution in [1.29, 1.82) is 0 Å². The number of carbonyl (C=O) groups is 1. The molecule has 1 amide bonds. The molecule has 5 nitrogen and oxygen atoms in total. The van der Waals surface area contributed by atoms with Gasteiger partial charge in [-0.05, 0) is 43.0 Å². The lowest BCUT2D eigenvalue weighted by Gasteiger charge is -2.27. The van der Waals surface area contributed by atoms with Crippen LogP contribution in [0.1, 0.15) is 24.8 Å². The number of nitrogens with zero attached hydrogens (tertiary/aromatic N) is 1. The highest BCUT2D eigenvalue weighted by Gasteiger charge is 2.20. The van der Waals surface area contributed by atoms with Crippen LogP contribution in [0, 0.1) is 0 Å². The fourth-order valence-corrected chi connectivity index (χ4v) is 4.04. The molecule has 132 valence electrons. The molecule has 1 aliphatic rings. The fraction of sp³-hybridized carbons (Fsp3) is 0.316. The van der Waals surface area contributed by atoms with Crippen LogP contribution in [0.3, 0.4) is 0 Å². The molecule has 1 fully saturated rings. The summed E-state index contributed by atoms with van der Waals surface area (Å²) in [5.41, 5.74) is 2.22. The maximum absolute atomic E-state index is 12.3. The first kappa shape index (κ1) is 17.5. The van der Waals surface area contributed by atoms with Crippen molar-refractivity contribution in [3.05, 3.63) is 60.2 Å². The summed E-state index contributed by atoms with van der Waals surface area (Å²) < 4.78 is 27.3. The van der Waals surface area contributed by atoms with Gasteiger partial charge in [0.25, 0.3) is 0 Å². The lowest BCUT2D eigenvalue weighted by atomic mass is 10.1. The summed E-state index contributed by atoms with van der Waals surface area (Å²) in [5, 5.41) is 0. The molecule has 6 heteroatoms. The number of benzene rings is 2. The molecule has 1 N–H and O–H groups in total. The Balaban J connectivity index is 1.67. The molecule has 0 aliphatic carbocycles. The van der Waals surface area contributed by atoms with Crippen LogP contribution in [0.15, 0.2) is 54.6 Å². The minimum atomic E-state index is -3.45. The summed E-state index contributed by atoms with van der Waals surface area (Å²) in [7, 11) is -3.45. The Labute approximate surface area is 148 Å². The van der Waals surface area contributed by atoms with Gasteiger partial charge in [-0.1, -0.05) is 36.4 Å². The third-order valence-electron chi connectivity index (χ3n) is 4.26. The number of piperidine rings is 1. The average Bonchev–Trinajstić information content (AvgIpc) is 2.61. The van der Waals surface area contributed by atoms with Crippen LogP contribution in [-0.4, -0.2) is 26.6 Å². The Morgan fingerprint density at radius 1 is 1.00 bits per heavy atom. The van der Waals surface area contributed by atoms with Gasteiger partial charge >= 0.3 is 0 Å². The maximum atomic E-state index is 12.3. The second-order valence-electron chi connectivity index (χ2n) is 6.21. The fourth-order valence-electron chi connectivity index (χ4n) is 2.94. The quantitative estimate of drug-likeness (QED) is 0.862. The van der Waals surface area contributed by atoms with Gasteiger partial charge in [0, 0.05) is 18.7 Å². The molecule has 0 atom stereocenters. The van der Waals surface area contributed by atoms with Gasteiger partial charge in [-0.25, -0.2) is 8.42 Å². The minimum absolute atomic E-state index is 0.0177. The molecule has 0 bridgehead atoms. The molecule has 0 saturated carbocycles. The summed E-state index contributed by atoms with van der Waals surface area (Å²) >= 11 is 0. The highest BCUT2D eigenvalue weighted by Crippen LogP contribution is 2.24. The van der Waals surface area contributed by atoms with E-state index in [2.05, 4.69) is 4.72 Å². The van der Waals surface area contributed by atoms with Crippen molar-refractivity contribution in [2.75, 3.05) is 21.9 Å². The lowest BCUT2D eigenvalue weighted by Crippen LogP contribution is -2.35. The van der Waals surface area contributed by atoms with Crippen molar-refractivity contribution in [3.63, 3.8) is 0 Å². The van der Waals surface area contributed by atoms with E-state index in [0.29, 0.717) is 25.1 Å². The van der Waals surface area contributed by atoms with E-state index in [1.807, 2.05) is 36.4 Å². The van der Waals surface area contributed by atoms with Crippen LogP contribution in [0.5, 0.6) is 0 Å². The Morgan fingerprint density at radius 3 is 2.56 bits per heavy atom. The molecule has 25 heavy (non-hydrogen) atoms. The van der Waals surface area contributed by atoms with Gasteiger partial charge in [-0.3, -0.25) is 9.52 Å². The number of sulfonamides is 1. The van der Waals surface area contributed by atoms with Crippen LogP contribution in [0.25, 0.3) is 0 Å². The van der Waals surface area contributed by atoms with Gasteiger partial charge in [-0.2, -0.15) is 0 Å². The van der Waals surface area contributed by atoms with Crippen molar-refractivity contribution >= 4 is 27.3 Å². The average molecular weight is 358 g/mol. The zero-order valence-electron chi connectivity index (χ0n) is 14.0. The number of hydrogen-bond donors (Lipinski definition) is 1. The first-order valence-corrected chi connectivity index (χ1v) is 10.1. The smallest absolute Gasteiger partial charge is 0.233 e. The molecule has 0 radical (unpaired) electrons. The van der Waals surface area contributed by atoms with Crippen LogP contribution in [0.2, 0.25) is 0 Å². The van der Waals surface area contributed by atoms with E-state index in [1.165, 1.54) is 0 Å². The zero-order valence-corrected chi connectivity index (χ0v) is 14.8. The van der Waals surface area contributed by atoms with Crippen molar-refractivity contribution in [2.24, 2.45) is 0 Å². The normalized spacial score (nSPS) is 15.2. The first-order valence-electron chi connectivity index (χ1n) is 8.48. The van der Waals surface area contributed by atoms with E-state index in [1.54, 1.807) is 23.1 Å².